The summed E-state index contributed by atoms with van der Waals surface area (Å²) >= 11 is 4.44. The van der Waals surface area contributed by atoms with Crippen LogP contribution in [0.15, 0.2) is 53.8 Å². The van der Waals surface area contributed by atoms with Gasteiger partial charge >= 0.3 is 0 Å². The summed E-state index contributed by atoms with van der Waals surface area (Å²) in [5, 5.41) is 0.723. The summed E-state index contributed by atoms with van der Waals surface area (Å²) in [5.41, 5.74) is 2.18. The second-order valence-electron chi connectivity index (χ2n) is 4.18. The van der Waals surface area contributed by atoms with Crippen LogP contribution in [0.5, 0.6) is 0 Å². The Labute approximate surface area is 120 Å². The molecule has 19 heavy (non-hydrogen) atoms. The Hall–Kier alpha value is -1.74. The fourth-order valence-electron chi connectivity index (χ4n) is 1.89. The maximum Gasteiger partial charge on any atom is 0.169 e. The van der Waals surface area contributed by atoms with Crippen LogP contribution in [0, 0.1) is 0 Å². The number of rotatable bonds is 3. The van der Waals surface area contributed by atoms with Gasteiger partial charge in [-0.3, -0.25) is 4.57 Å². The first kappa shape index (κ1) is 13.7. The van der Waals surface area contributed by atoms with Crippen molar-refractivity contribution in [1.29, 1.82) is 0 Å². The number of imidazole rings is 1. The highest BCUT2D eigenvalue weighted by molar-refractivity contribution is 7.80. The lowest BCUT2D eigenvalue weighted by molar-refractivity contribution is 0.903. The van der Waals surface area contributed by atoms with Gasteiger partial charge in [-0.2, -0.15) is 0 Å². The van der Waals surface area contributed by atoms with Gasteiger partial charge in [-0.05, 0) is 25.5 Å². The number of hydrogen-bond acceptors (Lipinski definition) is 2. The van der Waals surface area contributed by atoms with Crippen molar-refractivity contribution >= 4 is 24.9 Å². The van der Waals surface area contributed by atoms with E-state index in [9.17, 15) is 0 Å². The molecule has 0 saturated carbocycles. The molecule has 0 amide bonds. The Balaban J connectivity index is 2.28. The Bertz CT molecular complexity index is 572. The maximum absolute atomic E-state index is 4.49. The lowest BCUT2D eigenvalue weighted by atomic mass is 10.1. The number of thiol groups is 1. The van der Waals surface area contributed by atoms with Gasteiger partial charge in [0.05, 0.1) is 11.4 Å². The molecule has 0 radical (unpaired) electrons. The van der Waals surface area contributed by atoms with Crippen molar-refractivity contribution in [3.05, 3.63) is 60.0 Å². The average Bonchev–Trinajstić information content (AvgIpc) is 2.65. The van der Waals surface area contributed by atoms with Crippen molar-refractivity contribution < 1.29 is 0 Å². The maximum atomic E-state index is 4.49. The van der Waals surface area contributed by atoms with E-state index in [1.165, 1.54) is 5.69 Å². The van der Waals surface area contributed by atoms with Crippen LogP contribution < -0.4 is 0 Å². The predicted molar refractivity (Wildman–Crippen MR) is 85.3 cm³/mol. The van der Waals surface area contributed by atoms with E-state index in [4.69, 9.17) is 0 Å². The van der Waals surface area contributed by atoms with E-state index in [0.29, 0.717) is 0 Å². The third kappa shape index (κ3) is 3.61. The van der Waals surface area contributed by atoms with Crippen molar-refractivity contribution in [2.24, 2.45) is 0 Å². The summed E-state index contributed by atoms with van der Waals surface area (Å²) in [6.07, 6.45) is 22.4. The third-order valence-corrected chi connectivity index (χ3v) is 3.12. The van der Waals surface area contributed by atoms with Crippen molar-refractivity contribution in [1.82, 2.24) is 9.55 Å². The Morgan fingerprint density at radius 3 is 2.84 bits per heavy atom. The molecule has 3 heteroatoms. The SMILES string of the molecule is C\C=C/C=C\C=C\n1c(S)nc2c1C/C=C\C/C=C\2. The first-order valence-electron chi connectivity index (χ1n) is 6.40. The second kappa shape index (κ2) is 7.00. The largest absolute Gasteiger partial charge is 0.298 e. The zero-order chi connectivity index (χ0) is 13.5. The van der Waals surface area contributed by atoms with Gasteiger partial charge in [0.15, 0.2) is 5.16 Å². The molecule has 0 unspecified atom stereocenters. The summed E-state index contributed by atoms with van der Waals surface area (Å²) in [6.45, 7) is 2.00. The van der Waals surface area contributed by atoms with Crippen molar-refractivity contribution in [2.45, 2.75) is 24.9 Å². The molecule has 1 aliphatic carbocycles. The van der Waals surface area contributed by atoms with Crippen molar-refractivity contribution in [3.63, 3.8) is 0 Å². The van der Waals surface area contributed by atoms with E-state index in [1.807, 2.05) is 48.1 Å². The Morgan fingerprint density at radius 2 is 2.00 bits per heavy atom. The van der Waals surface area contributed by atoms with Crippen molar-refractivity contribution in [2.75, 3.05) is 0 Å². The van der Waals surface area contributed by atoms with Gasteiger partial charge in [-0.25, -0.2) is 4.98 Å². The van der Waals surface area contributed by atoms with Crippen LogP contribution in [-0.4, -0.2) is 9.55 Å². The molecule has 0 bridgehead atoms. The number of nitrogens with zero attached hydrogens (tertiary/aromatic N) is 2. The topological polar surface area (TPSA) is 17.8 Å². The fraction of sp³-hybridized carbons (Fsp3) is 0.188. The highest BCUT2D eigenvalue weighted by atomic mass is 32.1. The second-order valence-corrected chi connectivity index (χ2v) is 4.58. The molecule has 0 atom stereocenters. The van der Waals surface area contributed by atoms with Gasteiger partial charge in [0, 0.05) is 12.6 Å². The number of fused-ring (bicyclic) bond motifs is 1. The normalized spacial score (nSPS) is 18.8. The molecule has 1 aliphatic rings. The van der Waals surface area contributed by atoms with Crippen LogP contribution >= 0.6 is 12.6 Å². The average molecular weight is 270 g/mol. The highest BCUT2D eigenvalue weighted by Crippen LogP contribution is 2.20. The van der Waals surface area contributed by atoms with Crippen LogP contribution in [0.25, 0.3) is 12.3 Å². The molecule has 0 aliphatic heterocycles. The first-order valence-corrected chi connectivity index (χ1v) is 6.85. The van der Waals surface area contributed by atoms with Crippen LogP contribution in [0.2, 0.25) is 0 Å². The summed E-state index contributed by atoms with van der Waals surface area (Å²) in [5.74, 6) is 0. The molecule has 0 saturated heterocycles. The molecule has 98 valence electrons. The van der Waals surface area contributed by atoms with E-state index in [1.54, 1.807) is 0 Å². The molecule has 0 aromatic carbocycles. The highest BCUT2D eigenvalue weighted by Gasteiger charge is 2.10. The van der Waals surface area contributed by atoms with Crippen LogP contribution in [0.4, 0.5) is 0 Å². The van der Waals surface area contributed by atoms with Gasteiger partial charge in [0.25, 0.3) is 0 Å². The number of hydrogen-bond donors (Lipinski definition) is 1. The molecule has 0 spiro atoms. The van der Waals surface area contributed by atoms with Crippen molar-refractivity contribution in [3.8, 4) is 0 Å². The first-order chi connectivity index (χ1) is 9.33. The molecule has 0 fully saturated rings. The van der Waals surface area contributed by atoms with E-state index in [-0.39, 0.29) is 0 Å². The molecule has 0 N–H and O–H groups in total. The minimum absolute atomic E-state index is 0.723. The smallest absolute Gasteiger partial charge is 0.169 e. The fourth-order valence-corrected chi connectivity index (χ4v) is 2.18. The third-order valence-electron chi connectivity index (χ3n) is 2.81. The molecule has 1 aromatic heterocycles. The van der Waals surface area contributed by atoms with E-state index in [2.05, 4.69) is 41.9 Å². The number of allylic oxidation sites excluding steroid dienone is 8. The van der Waals surface area contributed by atoms with Gasteiger partial charge in [-0.1, -0.05) is 42.5 Å². The van der Waals surface area contributed by atoms with Gasteiger partial charge < -0.3 is 0 Å². The lowest BCUT2D eigenvalue weighted by Crippen LogP contribution is -1.96. The van der Waals surface area contributed by atoms with Crippen LogP contribution in [-0.2, 0) is 6.42 Å². The van der Waals surface area contributed by atoms with E-state index in [0.717, 1.165) is 23.7 Å². The summed E-state index contributed by atoms with van der Waals surface area (Å²) < 4.78 is 2.03. The zero-order valence-corrected chi connectivity index (χ0v) is 11.9. The summed E-state index contributed by atoms with van der Waals surface area (Å²) in [6, 6.07) is 0. The van der Waals surface area contributed by atoms with Crippen LogP contribution in [0.3, 0.4) is 0 Å². The quantitative estimate of drug-likeness (QED) is 0.493. The Morgan fingerprint density at radius 1 is 1.16 bits per heavy atom. The molecular formula is C16H18N2S. The monoisotopic (exact) mass is 270 g/mol. The predicted octanol–water partition coefficient (Wildman–Crippen LogP) is 4.29. The molecular weight excluding hydrogens is 252 g/mol. The van der Waals surface area contributed by atoms with E-state index >= 15 is 0 Å². The molecule has 1 heterocycles. The van der Waals surface area contributed by atoms with E-state index < -0.39 is 0 Å². The van der Waals surface area contributed by atoms with Gasteiger partial charge in [0.2, 0.25) is 0 Å². The number of aromatic nitrogens is 2. The van der Waals surface area contributed by atoms with Crippen LogP contribution in [0.1, 0.15) is 24.7 Å². The molecule has 1 aromatic rings. The minimum atomic E-state index is 0.723. The minimum Gasteiger partial charge on any atom is -0.298 e. The molecule has 2 nitrogen and oxygen atoms in total. The van der Waals surface area contributed by atoms with Gasteiger partial charge in [0.1, 0.15) is 0 Å². The summed E-state index contributed by atoms with van der Waals surface area (Å²) in [4.78, 5) is 4.49. The van der Waals surface area contributed by atoms with Gasteiger partial charge in [-0.15, -0.1) is 12.6 Å². The standard InChI is InChI=1S/C16H18N2S/c1-2-3-4-7-10-13-18-15-12-9-6-5-8-11-14(15)17-16(18)19/h2-4,6-11,13H,5,12H2,1H3,(H,17,19)/b3-2-,7-4-,9-6-,11-8-,13-10+. The Kier molecular flexibility index (Phi) is 5.04. The molecule has 2 rings (SSSR count). The lowest BCUT2D eigenvalue weighted by Gasteiger charge is -2.04. The zero-order valence-electron chi connectivity index (χ0n) is 11.0. The summed E-state index contributed by atoms with van der Waals surface area (Å²) in [7, 11) is 0.